The third-order valence-electron chi connectivity index (χ3n) is 1.70. The van der Waals surface area contributed by atoms with E-state index in [1.807, 2.05) is 0 Å². The number of halogens is 3. The monoisotopic (exact) mass is 275 g/mol. The van der Waals surface area contributed by atoms with Gasteiger partial charge in [0.25, 0.3) is 0 Å². The molecule has 5 nitrogen and oxygen atoms in total. The minimum Gasteiger partial charge on any atom is -0.258 e. The summed E-state index contributed by atoms with van der Waals surface area (Å²) in [5.74, 6) is 0. The molecule has 0 saturated carbocycles. The number of hydrogen-bond donors (Lipinski definition) is 0. The van der Waals surface area contributed by atoms with Crippen LogP contribution in [-0.2, 0) is 0 Å². The molecule has 80 valence electrons. The Morgan fingerprint density at radius 1 is 1.00 bits per heavy atom. The average molecular weight is 276 g/mol. The Kier molecular flexibility index (Phi) is 3.56. The van der Waals surface area contributed by atoms with E-state index in [1.165, 1.54) is 0 Å². The number of benzene rings is 1. The summed E-state index contributed by atoms with van der Waals surface area (Å²) in [4.78, 5) is 9.79. The van der Waals surface area contributed by atoms with Crippen molar-refractivity contribution in [1.82, 2.24) is 0 Å². The molecular weight excluding hydrogens is 276 g/mol. The fourth-order valence-electron chi connectivity index (χ4n) is 1.02. The summed E-state index contributed by atoms with van der Waals surface area (Å²) in [6, 6.07) is 3.19. The molecule has 0 atom stereocenters. The van der Waals surface area contributed by atoms with Gasteiger partial charge in [0, 0.05) is 0 Å². The third kappa shape index (κ3) is 1.77. The van der Waals surface area contributed by atoms with Crippen molar-refractivity contribution < 1.29 is 4.92 Å². The van der Waals surface area contributed by atoms with Crippen LogP contribution in [0.4, 0.5) is 5.69 Å². The van der Waals surface area contributed by atoms with Crippen LogP contribution in [0.2, 0.25) is 15.1 Å². The maximum atomic E-state index is 10.6. The van der Waals surface area contributed by atoms with Gasteiger partial charge < -0.3 is 0 Å². The van der Waals surface area contributed by atoms with Gasteiger partial charge in [0.15, 0.2) is 0 Å². The van der Waals surface area contributed by atoms with Crippen LogP contribution in [-0.4, -0.2) is 4.92 Å². The van der Waals surface area contributed by atoms with Crippen LogP contribution in [0.5, 0.6) is 0 Å². The van der Waals surface area contributed by atoms with Gasteiger partial charge in [-0.2, -0.15) is 10.5 Å². The van der Waals surface area contributed by atoms with Crippen LogP contribution < -0.4 is 0 Å². The van der Waals surface area contributed by atoms with Crippen LogP contribution in [0.1, 0.15) is 11.1 Å². The van der Waals surface area contributed by atoms with E-state index in [-0.39, 0.29) is 16.1 Å². The molecule has 0 N–H and O–H groups in total. The number of hydrogen-bond acceptors (Lipinski definition) is 4. The molecule has 0 unspecified atom stereocenters. The minimum absolute atomic E-state index is 0.273. The van der Waals surface area contributed by atoms with Gasteiger partial charge in [-0.15, -0.1) is 0 Å². The third-order valence-corrected chi connectivity index (χ3v) is 2.91. The van der Waals surface area contributed by atoms with Crippen LogP contribution >= 0.6 is 34.8 Å². The van der Waals surface area contributed by atoms with Crippen molar-refractivity contribution in [3.8, 4) is 12.1 Å². The van der Waals surface area contributed by atoms with Gasteiger partial charge >= 0.3 is 5.69 Å². The highest BCUT2D eigenvalue weighted by Crippen LogP contribution is 2.42. The normalized spacial score (nSPS) is 9.31. The van der Waals surface area contributed by atoms with E-state index in [4.69, 9.17) is 45.3 Å². The summed E-state index contributed by atoms with van der Waals surface area (Å²) in [6.07, 6.45) is 0. The summed E-state index contributed by atoms with van der Waals surface area (Å²) >= 11 is 16.8. The highest BCUT2D eigenvalue weighted by atomic mass is 35.5. The van der Waals surface area contributed by atoms with Crippen molar-refractivity contribution in [2.45, 2.75) is 0 Å². The van der Waals surface area contributed by atoms with Gasteiger partial charge in [-0.3, -0.25) is 10.1 Å². The predicted molar refractivity (Wildman–Crippen MR) is 57.6 cm³/mol. The number of nitro benzene ring substituents is 1. The lowest BCUT2D eigenvalue weighted by Crippen LogP contribution is -1.97. The Bertz CT molecular complexity index is 572. The molecule has 1 rings (SSSR count). The maximum Gasteiger partial charge on any atom is 0.309 e. The molecule has 0 amide bonds. The van der Waals surface area contributed by atoms with Crippen LogP contribution in [0.25, 0.3) is 0 Å². The summed E-state index contributed by atoms with van der Waals surface area (Å²) in [7, 11) is 0. The Labute approximate surface area is 105 Å². The smallest absolute Gasteiger partial charge is 0.258 e. The molecular formula is C8Cl3N3O2. The first kappa shape index (κ1) is 12.5. The van der Waals surface area contributed by atoms with E-state index in [1.54, 1.807) is 12.1 Å². The molecule has 0 bridgehead atoms. The molecule has 8 heteroatoms. The van der Waals surface area contributed by atoms with E-state index in [2.05, 4.69) is 0 Å². The molecule has 0 radical (unpaired) electrons. The molecule has 0 fully saturated rings. The van der Waals surface area contributed by atoms with Crippen LogP contribution in [0, 0.1) is 32.8 Å². The summed E-state index contributed by atoms with van der Waals surface area (Å²) < 4.78 is 0. The standard InChI is InChI=1S/C8Cl3N3O2/c9-5-3(1-12)4(2-13)6(10)8(7(5)11)14(15)16. The maximum absolute atomic E-state index is 10.6. The van der Waals surface area contributed by atoms with Gasteiger partial charge in [0.1, 0.15) is 22.2 Å². The lowest BCUT2D eigenvalue weighted by Gasteiger charge is -2.04. The van der Waals surface area contributed by atoms with Crippen LogP contribution in [0.3, 0.4) is 0 Å². The Hall–Kier alpha value is -1.53. The molecule has 0 spiro atoms. The first-order valence-corrected chi connectivity index (χ1v) is 4.74. The van der Waals surface area contributed by atoms with Gasteiger partial charge in [-0.25, -0.2) is 0 Å². The second-order valence-electron chi connectivity index (χ2n) is 2.52. The number of rotatable bonds is 1. The van der Waals surface area contributed by atoms with Crippen molar-refractivity contribution in [3.05, 3.63) is 36.3 Å². The molecule has 0 aliphatic rings. The Morgan fingerprint density at radius 3 is 1.81 bits per heavy atom. The van der Waals surface area contributed by atoms with Gasteiger partial charge in [0.2, 0.25) is 0 Å². The van der Waals surface area contributed by atoms with Crippen molar-refractivity contribution >= 4 is 40.5 Å². The lowest BCUT2D eigenvalue weighted by molar-refractivity contribution is -0.384. The quantitative estimate of drug-likeness (QED) is 0.447. The van der Waals surface area contributed by atoms with Gasteiger partial charge in [-0.1, -0.05) is 34.8 Å². The molecule has 1 aromatic carbocycles. The van der Waals surface area contributed by atoms with Gasteiger partial charge in [-0.05, 0) is 0 Å². The topological polar surface area (TPSA) is 90.7 Å². The molecule has 0 aromatic heterocycles. The second-order valence-corrected chi connectivity index (χ2v) is 3.66. The van der Waals surface area contributed by atoms with E-state index in [0.717, 1.165) is 0 Å². The summed E-state index contributed by atoms with van der Waals surface area (Å²) in [5, 5.41) is 26.8. The van der Waals surface area contributed by atoms with Crippen molar-refractivity contribution in [2.75, 3.05) is 0 Å². The largest absolute Gasteiger partial charge is 0.309 e. The SMILES string of the molecule is N#Cc1c(Cl)c(Cl)c([N+](=O)[O-])c(Cl)c1C#N. The van der Waals surface area contributed by atoms with Crippen molar-refractivity contribution in [2.24, 2.45) is 0 Å². The van der Waals surface area contributed by atoms with Crippen molar-refractivity contribution in [3.63, 3.8) is 0 Å². The average Bonchev–Trinajstić information content (AvgIpc) is 2.22. The fraction of sp³-hybridized carbons (Fsp3) is 0. The number of nitriles is 2. The Balaban J connectivity index is 3.88. The van der Waals surface area contributed by atoms with Crippen molar-refractivity contribution in [1.29, 1.82) is 10.5 Å². The first-order chi connectivity index (χ1) is 7.45. The highest BCUT2D eigenvalue weighted by molar-refractivity contribution is 6.46. The van der Waals surface area contributed by atoms with E-state index >= 15 is 0 Å². The molecule has 1 aromatic rings. The zero-order chi connectivity index (χ0) is 12.5. The number of nitro groups is 1. The zero-order valence-corrected chi connectivity index (χ0v) is 9.56. The van der Waals surface area contributed by atoms with E-state index < -0.39 is 20.7 Å². The second kappa shape index (κ2) is 4.54. The molecule has 0 heterocycles. The molecule has 0 aliphatic heterocycles. The summed E-state index contributed by atoms with van der Waals surface area (Å²) in [6.45, 7) is 0. The molecule has 16 heavy (non-hydrogen) atoms. The predicted octanol–water partition coefficient (Wildman–Crippen LogP) is 3.30. The van der Waals surface area contributed by atoms with E-state index in [9.17, 15) is 10.1 Å². The fourth-order valence-corrected chi connectivity index (χ4v) is 1.85. The first-order valence-electron chi connectivity index (χ1n) is 3.60. The number of nitrogens with zero attached hydrogens (tertiary/aromatic N) is 3. The molecule has 0 aliphatic carbocycles. The Morgan fingerprint density at radius 2 is 1.44 bits per heavy atom. The van der Waals surface area contributed by atoms with Crippen LogP contribution in [0.15, 0.2) is 0 Å². The summed E-state index contributed by atoms with van der Waals surface area (Å²) in [5.41, 5.74) is -1.31. The van der Waals surface area contributed by atoms with Gasteiger partial charge in [0.05, 0.1) is 21.1 Å². The minimum atomic E-state index is -0.863. The molecule has 0 saturated heterocycles. The van der Waals surface area contributed by atoms with E-state index in [0.29, 0.717) is 0 Å². The zero-order valence-electron chi connectivity index (χ0n) is 7.29. The highest BCUT2D eigenvalue weighted by Gasteiger charge is 2.28. The lowest BCUT2D eigenvalue weighted by atomic mass is 10.1.